The van der Waals surface area contributed by atoms with Gasteiger partial charge in [-0.25, -0.2) is 0 Å². The van der Waals surface area contributed by atoms with Gasteiger partial charge in [0, 0.05) is 17.8 Å². The largest absolute Gasteiger partial charge is 0.411 e. The molecule has 14 heavy (non-hydrogen) atoms. The molecule has 2 atom stereocenters. The minimum Gasteiger partial charge on any atom is -0.411 e. The molecule has 2 unspecified atom stereocenters. The van der Waals surface area contributed by atoms with Crippen LogP contribution in [-0.4, -0.2) is 21.8 Å². The summed E-state index contributed by atoms with van der Waals surface area (Å²) in [7, 11) is 0. The minimum absolute atomic E-state index is 0.140. The highest BCUT2D eigenvalue weighted by Gasteiger charge is 2.50. The highest BCUT2D eigenvalue weighted by molar-refractivity contribution is 6.12. The normalized spacial score (nSPS) is 50.6. The molecule has 0 amide bonds. The molecule has 4 aliphatic carbocycles. The van der Waals surface area contributed by atoms with Gasteiger partial charge in [0.25, 0.3) is 0 Å². The second-order valence-corrected chi connectivity index (χ2v) is 4.80. The number of nitrogens with zero attached hydrogens (tertiary/aromatic N) is 2. The fraction of sp³-hybridized carbons (Fsp3) is 0.800. The van der Waals surface area contributed by atoms with Crippen LogP contribution in [0.5, 0.6) is 0 Å². The van der Waals surface area contributed by atoms with Crippen molar-refractivity contribution in [2.75, 3.05) is 0 Å². The van der Waals surface area contributed by atoms with E-state index in [-0.39, 0.29) is 5.92 Å². The highest BCUT2D eigenvalue weighted by atomic mass is 16.4. The molecule has 0 aromatic rings. The predicted octanol–water partition coefficient (Wildman–Crippen LogP) is 1.71. The molecule has 0 spiro atoms. The van der Waals surface area contributed by atoms with E-state index in [1.165, 1.54) is 12.8 Å². The molecular weight excluding hydrogens is 180 g/mol. The molecule has 0 heterocycles. The van der Waals surface area contributed by atoms with Crippen LogP contribution < -0.4 is 0 Å². The van der Waals surface area contributed by atoms with E-state index in [0.717, 1.165) is 30.2 Å². The molecule has 4 heteroatoms. The van der Waals surface area contributed by atoms with Crippen molar-refractivity contribution in [3.63, 3.8) is 0 Å². The molecule has 0 radical (unpaired) electrons. The first-order valence-corrected chi connectivity index (χ1v) is 5.27. The van der Waals surface area contributed by atoms with E-state index in [9.17, 15) is 0 Å². The fourth-order valence-electron chi connectivity index (χ4n) is 3.71. The molecule has 0 aromatic heterocycles. The number of hydrogen-bond donors (Lipinski definition) is 2. The first-order valence-electron chi connectivity index (χ1n) is 5.27. The van der Waals surface area contributed by atoms with Gasteiger partial charge in [0.15, 0.2) is 0 Å². The van der Waals surface area contributed by atoms with Gasteiger partial charge >= 0.3 is 0 Å². The monoisotopic (exact) mass is 194 g/mol. The van der Waals surface area contributed by atoms with Crippen LogP contribution >= 0.6 is 0 Å². The van der Waals surface area contributed by atoms with Gasteiger partial charge in [-0.15, -0.1) is 0 Å². The summed E-state index contributed by atoms with van der Waals surface area (Å²) in [5.74, 6) is 1.81. The standard InChI is InChI=1S/C10H14N2O2/c13-11-9-6-1-5-2-7(4-6)10(12-14)8(9)3-5/h5-8,13-14H,1-4H2/b11-9+,12-10+. The Morgan fingerprint density at radius 3 is 1.93 bits per heavy atom. The zero-order valence-corrected chi connectivity index (χ0v) is 7.93. The second kappa shape index (κ2) is 2.72. The molecule has 2 N–H and O–H groups in total. The van der Waals surface area contributed by atoms with Crippen LogP contribution in [-0.2, 0) is 0 Å². The summed E-state index contributed by atoms with van der Waals surface area (Å²) in [6.45, 7) is 0. The average Bonchev–Trinajstić information content (AvgIpc) is 2.17. The lowest BCUT2D eigenvalue weighted by Crippen LogP contribution is -2.51. The van der Waals surface area contributed by atoms with Gasteiger partial charge in [-0.1, -0.05) is 10.3 Å². The van der Waals surface area contributed by atoms with E-state index in [4.69, 9.17) is 10.4 Å². The number of hydrogen-bond acceptors (Lipinski definition) is 4. The van der Waals surface area contributed by atoms with Crippen LogP contribution in [0.1, 0.15) is 25.7 Å². The van der Waals surface area contributed by atoms with Gasteiger partial charge in [0.1, 0.15) is 0 Å². The van der Waals surface area contributed by atoms with Crippen LogP contribution in [0.15, 0.2) is 10.3 Å². The summed E-state index contributed by atoms with van der Waals surface area (Å²) >= 11 is 0. The lowest BCUT2D eigenvalue weighted by Gasteiger charge is -2.49. The molecule has 0 aromatic carbocycles. The van der Waals surface area contributed by atoms with Gasteiger partial charge < -0.3 is 10.4 Å². The Kier molecular flexibility index (Phi) is 1.60. The summed E-state index contributed by atoms with van der Waals surface area (Å²) in [6.07, 6.45) is 4.38. The molecule has 4 rings (SSSR count). The van der Waals surface area contributed by atoms with Crippen LogP contribution in [0.4, 0.5) is 0 Å². The van der Waals surface area contributed by atoms with Crippen molar-refractivity contribution in [2.24, 2.45) is 34.0 Å². The zero-order chi connectivity index (χ0) is 9.71. The molecule has 4 aliphatic rings. The minimum atomic E-state index is 0.140. The maximum absolute atomic E-state index is 8.96. The quantitative estimate of drug-likeness (QED) is 0.455. The van der Waals surface area contributed by atoms with Crippen molar-refractivity contribution < 1.29 is 10.4 Å². The molecule has 0 aliphatic heterocycles. The van der Waals surface area contributed by atoms with Gasteiger partial charge in [-0.05, 0) is 31.6 Å². The third-order valence-electron chi connectivity index (χ3n) is 4.16. The van der Waals surface area contributed by atoms with E-state index in [1.54, 1.807) is 0 Å². The van der Waals surface area contributed by atoms with E-state index in [0.29, 0.717) is 11.8 Å². The van der Waals surface area contributed by atoms with Crippen LogP contribution in [0.25, 0.3) is 0 Å². The smallest absolute Gasteiger partial charge is 0.0690 e. The topological polar surface area (TPSA) is 65.2 Å². The molecule has 76 valence electrons. The summed E-state index contributed by atoms with van der Waals surface area (Å²) in [5, 5.41) is 24.7. The molecular formula is C10H14N2O2. The molecule has 4 fully saturated rings. The highest BCUT2D eigenvalue weighted by Crippen LogP contribution is 2.50. The maximum Gasteiger partial charge on any atom is 0.0690 e. The van der Waals surface area contributed by atoms with Crippen molar-refractivity contribution in [1.29, 1.82) is 0 Å². The zero-order valence-electron chi connectivity index (χ0n) is 7.93. The second-order valence-electron chi connectivity index (χ2n) is 4.80. The van der Waals surface area contributed by atoms with E-state index in [1.807, 2.05) is 0 Å². The van der Waals surface area contributed by atoms with Crippen molar-refractivity contribution in [3.8, 4) is 0 Å². The SMILES string of the molecule is O/N=C1\C2CC3CC(C2)/C(=N\O)C1C3. The summed E-state index contributed by atoms with van der Waals surface area (Å²) in [4.78, 5) is 0. The van der Waals surface area contributed by atoms with Crippen molar-refractivity contribution >= 4 is 11.4 Å². The summed E-state index contributed by atoms with van der Waals surface area (Å²) in [6, 6.07) is 0. The van der Waals surface area contributed by atoms with Gasteiger partial charge in [0.05, 0.1) is 11.4 Å². The van der Waals surface area contributed by atoms with Gasteiger partial charge in [-0.3, -0.25) is 0 Å². The Labute approximate surface area is 82.3 Å². The summed E-state index contributed by atoms with van der Waals surface area (Å²) in [5.41, 5.74) is 1.73. The maximum atomic E-state index is 8.96. The van der Waals surface area contributed by atoms with Gasteiger partial charge in [0.2, 0.25) is 0 Å². The Bertz CT molecular complexity index is 296. The first kappa shape index (κ1) is 8.26. The third-order valence-corrected chi connectivity index (χ3v) is 4.16. The van der Waals surface area contributed by atoms with Gasteiger partial charge in [-0.2, -0.15) is 0 Å². The number of rotatable bonds is 0. The molecule has 4 bridgehead atoms. The summed E-state index contributed by atoms with van der Waals surface area (Å²) < 4.78 is 0. The molecule has 0 saturated heterocycles. The van der Waals surface area contributed by atoms with E-state index in [2.05, 4.69) is 10.3 Å². The molecule has 4 nitrogen and oxygen atoms in total. The molecule has 4 saturated carbocycles. The Morgan fingerprint density at radius 1 is 0.857 bits per heavy atom. The van der Waals surface area contributed by atoms with Crippen molar-refractivity contribution in [1.82, 2.24) is 0 Å². The van der Waals surface area contributed by atoms with E-state index < -0.39 is 0 Å². The number of oxime groups is 2. The van der Waals surface area contributed by atoms with E-state index >= 15 is 0 Å². The third kappa shape index (κ3) is 0.885. The first-order chi connectivity index (χ1) is 6.83. The lowest BCUT2D eigenvalue weighted by molar-refractivity contribution is 0.181. The average molecular weight is 194 g/mol. The van der Waals surface area contributed by atoms with Crippen molar-refractivity contribution in [2.45, 2.75) is 25.7 Å². The lowest BCUT2D eigenvalue weighted by atomic mass is 9.54. The Morgan fingerprint density at radius 2 is 1.43 bits per heavy atom. The van der Waals surface area contributed by atoms with Crippen LogP contribution in [0, 0.1) is 23.7 Å². The van der Waals surface area contributed by atoms with Crippen molar-refractivity contribution in [3.05, 3.63) is 0 Å². The Balaban J connectivity index is 2.03. The fourth-order valence-corrected chi connectivity index (χ4v) is 3.71. The van der Waals surface area contributed by atoms with Crippen LogP contribution in [0.3, 0.4) is 0 Å². The Hall–Kier alpha value is -1.06. The van der Waals surface area contributed by atoms with Crippen LogP contribution in [0.2, 0.25) is 0 Å². The predicted molar refractivity (Wildman–Crippen MR) is 50.9 cm³/mol.